The van der Waals surface area contributed by atoms with Crippen molar-refractivity contribution in [2.45, 2.75) is 25.1 Å². The van der Waals surface area contributed by atoms with Crippen LogP contribution in [0.5, 0.6) is 0 Å². The van der Waals surface area contributed by atoms with Crippen molar-refractivity contribution in [2.24, 2.45) is 0 Å². The third-order valence-corrected chi connectivity index (χ3v) is 5.17. The van der Waals surface area contributed by atoms with Gasteiger partial charge in [0.15, 0.2) is 0 Å². The summed E-state index contributed by atoms with van der Waals surface area (Å²) in [6.45, 7) is 0.613. The molecule has 0 saturated carbocycles. The number of aromatic amines is 1. The molecular formula is C22H21F3N6. The van der Waals surface area contributed by atoms with Gasteiger partial charge in [0.2, 0.25) is 5.65 Å². The lowest BCUT2D eigenvalue weighted by Crippen LogP contribution is -2.20. The Kier molecular flexibility index (Phi) is 5.85. The third-order valence-electron chi connectivity index (χ3n) is 5.17. The molecule has 0 fully saturated rings. The van der Waals surface area contributed by atoms with Crippen LogP contribution < -0.4 is 11.1 Å². The fraction of sp³-hybridized carbons (Fsp3) is 0.227. The second-order valence-electron chi connectivity index (χ2n) is 7.22. The maximum Gasteiger partial charge on any atom is 0.416 e. The van der Waals surface area contributed by atoms with Gasteiger partial charge in [0.25, 0.3) is 0 Å². The van der Waals surface area contributed by atoms with Gasteiger partial charge < -0.3 is 11.1 Å². The smallest absolute Gasteiger partial charge is 0.384 e. The number of fused-ring (bicyclic) bond motifs is 1. The van der Waals surface area contributed by atoms with Gasteiger partial charge in [0.05, 0.1) is 5.56 Å². The second kappa shape index (κ2) is 8.73. The number of H-pyrrole nitrogens is 1. The maximum absolute atomic E-state index is 13.2. The van der Waals surface area contributed by atoms with Crippen LogP contribution in [-0.4, -0.2) is 26.9 Å². The molecule has 6 nitrogen and oxygen atoms in total. The van der Waals surface area contributed by atoms with Crippen LogP contribution in [0.15, 0.2) is 60.7 Å². The first-order valence-corrected chi connectivity index (χ1v) is 9.81. The van der Waals surface area contributed by atoms with Gasteiger partial charge in [-0.15, -0.1) is 5.10 Å². The van der Waals surface area contributed by atoms with Crippen LogP contribution in [-0.2, 0) is 12.7 Å². The molecule has 4 rings (SSSR count). The molecule has 9 heteroatoms. The summed E-state index contributed by atoms with van der Waals surface area (Å²) in [6, 6.07) is 17.2. The standard InChI is InChI=1S/C22H21F3N6/c23-22(24,25)18-9-5-4-8-15(18)13-27-11-10-16(14-6-2-1-3-7-14)17-12-19(26)28-21-20(17)29-31-30-21/h1-9,12,16,27H,10-11,13H2,(H3,26,28,29,30,31). The number of pyridine rings is 1. The Labute approximate surface area is 176 Å². The van der Waals surface area contributed by atoms with E-state index in [4.69, 9.17) is 5.73 Å². The quantitative estimate of drug-likeness (QED) is 0.384. The van der Waals surface area contributed by atoms with Crippen LogP contribution in [0.4, 0.5) is 19.0 Å². The Balaban J connectivity index is 1.55. The number of halogens is 3. The largest absolute Gasteiger partial charge is 0.416 e. The number of alkyl halides is 3. The van der Waals surface area contributed by atoms with Gasteiger partial charge in [-0.1, -0.05) is 48.5 Å². The van der Waals surface area contributed by atoms with E-state index in [-0.39, 0.29) is 18.0 Å². The number of aromatic nitrogens is 4. The number of benzene rings is 2. The molecule has 0 aliphatic carbocycles. The molecule has 1 atom stereocenters. The van der Waals surface area contributed by atoms with Gasteiger partial charge in [-0.25, -0.2) is 4.98 Å². The lowest BCUT2D eigenvalue weighted by Gasteiger charge is -2.19. The fourth-order valence-corrected chi connectivity index (χ4v) is 3.75. The summed E-state index contributed by atoms with van der Waals surface area (Å²) in [5, 5.41) is 14.0. The van der Waals surface area contributed by atoms with E-state index in [0.717, 1.165) is 17.2 Å². The molecule has 0 bridgehead atoms. The molecule has 0 radical (unpaired) electrons. The monoisotopic (exact) mass is 426 g/mol. The normalized spacial score (nSPS) is 12.9. The Morgan fingerprint density at radius 1 is 1.00 bits per heavy atom. The summed E-state index contributed by atoms with van der Waals surface area (Å²) in [5.74, 6) is 0.258. The summed E-state index contributed by atoms with van der Waals surface area (Å²) in [6.07, 6.45) is -3.75. The average Bonchev–Trinajstić information content (AvgIpc) is 3.22. The van der Waals surface area contributed by atoms with Gasteiger partial charge in [-0.3, -0.25) is 0 Å². The van der Waals surface area contributed by atoms with Crippen LogP contribution in [0.2, 0.25) is 0 Å². The zero-order valence-corrected chi connectivity index (χ0v) is 16.5. The molecule has 31 heavy (non-hydrogen) atoms. The SMILES string of the molecule is Nc1cc(C(CCNCc2ccccc2C(F)(F)F)c2ccccc2)c2n[nH]nc2n1. The second-order valence-corrected chi connectivity index (χ2v) is 7.22. The van der Waals surface area contributed by atoms with E-state index < -0.39 is 11.7 Å². The van der Waals surface area contributed by atoms with Crippen molar-refractivity contribution in [3.05, 3.63) is 82.9 Å². The lowest BCUT2D eigenvalue weighted by atomic mass is 9.88. The Hall–Kier alpha value is -3.46. The summed E-state index contributed by atoms with van der Waals surface area (Å²) >= 11 is 0. The molecule has 2 heterocycles. The van der Waals surface area contributed by atoms with Crippen molar-refractivity contribution in [3.63, 3.8) is 0 Å². The van der Waals surface area contributed by atoms with Crippen molar-refractivity contribution in [2.75, 3.05) is 12.3 Å². The van der Waals surface area contributed by atoms with Crippen molar-refractivity contribution < 1.29 is 13.2 Å². The Bertz CT molecular complexity index is 1160. The molecule has 0 amide bonds. The highest BCUT2D eigenvalue weighted by Crippen LogP contribution is 2.33. The highest BCUT2D eigenvalue weighted by atomic mass is 19.4. The van der Waals surface area contributed by atoms with Crippen LogP contribution in [0, 0.1) is 0 Å². The minimum absolute atomic E-state index is 0.0792. The molecule has 0 aliphatic heterocycles. The average molecular weight is 426 g/mol. The minimum atomic E-state index is -4.38. The van der Waals surface area contributed by atoms with E-state index >= 15 is 0 Å². The van der Waals surface area contributed by atoms with Crippen LogP contribution in [0.1, 0.15) is 34.6 Å². The van der Waals surface area contributed by atoms with Crippen molar-refractivity contribution in [1.29, 1.82) is 0 Å². The molecule has 2 aromatic heterocycles. The fourth-order valence-electron chi connectivity index (χ4n) is 3.75. The lowest BCUT2D eigenvalue weighted by molar-refractivity contribution is -0.138. The molecule has 2 aromatic carbocycles. The summed E-state index contributed by atoms with van der Waals surface area (Å²) in [5.41, 5.74) is 8.57. The number of nitrogens with two attached hydrogens (primary N) is 1. The number of anilines is 1. The number of nitrogens with one attached hydrogen (secondary N) is 2. The number of nitrogen functional groups attached to an aromatic ring is 1. The zero-order valence-electron chi connectivity index (χ0n) is 16.5. The number of rotatable bonds is 7. The number of nitrogens with zero attached hydrogens (tertiary/aromatic N) is 3. The van der Waals surface area contributed by atoms with Crippen LogP contribution in [0.3, 0.4) is 0 Å². The van der Waals surface area contributed by atoms with Gasteiger partial charge in [-0.05, 0) is 41.8 Å². The van der Waals surface area contributed by atoms with Crippen LogP contribution >= 0.6 is 0 Å². The maximum atomic E-state index is 13.2. The molecule has 4 N–H and O–H groups in total. The number of hydrogen-bond donors (Lipinski definition) is 3. The molecule has 160 valence electrons. The third kappa shape index (κ3) is 4.66. The first-order chi connectivity index (χ1) is 14.9. The van der Waals surface area contributed by atoms with E-state index in [1.165, 1.54) is 12.1 Å². The van der Waals surface area contributed by atoms with E-state index in [1.807, 2.05) is 30.3 Å². The zero-order chi connectivity index (χ0) is 21.8. The van der Waals surface area contributed by atoms with E-state index in [0.29, 0.717) is 29.9 Å². The minimum Gasteiger partial charge on any atom is -0.384 e. The highest BCUT2D eigenvalue weighted by Gasteiger charge is 2.32. The Morgan fingerprint density at radius 3 is 2.52 bits per heavy atom. The van der Waals surface area contributed by atoms with E-state index in [9.17, 15) is 13.2 Å². The first-order valence-electron chi connectivity index (χ1n) is 9.81. The predicted molar refractivity (Wildman–Crippen MR) is 112 cm³/mol. The van der Waals surface area contributed by atoms with Gasteiger partial charge in [-0.2, -0.15) is 23.5 Å². The first kappa shape index (κ1) is 20.8. The van der Waals surface area contributed by atoms with Crippen molar-refractivity contribution >= 4 is 17.0 Å². The molecule has 1 unspecified atom stereocenters. The highest BCUT2D eigenvalue weighted by molar-refractivity contribution is 5.77. The molecular weight excluding hydrogens is 405 g/mol. The van der Waals surface area contributed by atoms with Gasteiger partial charge in [0.1, 0.15) is 11.3 Å². The predicted octanol–water partition coefficient (Wildman–Crippen LogP) is 4.27. The summed E-state index contributed by atoms with van der Waals surface area (Å²) in [7, 11) is 0. The van der Waals surface area contributed by atoms with E-state index in [1.54, 1.807) is 12.1 Å². The van der Waals surface area contributed by atoms with Gasteiger partial charge in [0, 0.05) is 12.5 Å². The molecule has 0 spiro atoms. The van der Waals surface area contributed by atoms with Gasteiger partial charge >= 0.3 is 6.18 Å². The Morgan fingerprint density at radius 2 is 1.74 bits per heavy atom. The molecule has 0 aliphatic rings. The summed E-state index contributed by atoms with van der Waals surface area (Å²) < 4.78 is 39.7. The van der Waals surface area contributed by atoms with Crippen molar-refractivity contribution in [1.82, 2.24) is 25.7 Å². The topological polar surface area (TPSA) is 92.5 Å². The summed E-state index contributed by atoms with van der Waals surface area (Å²) in [4.78, 5) is 4.19. The molecule has 4 aromatic rings. The van der Waals surface area contributed by atoms with E-state index in [2.05, 4.69) is 25.7 Å². The number of hydrogen-bond acceptors (Lipinski definition) is 5. The molecule has 0 saturated heterocycles. The van der Waals surface area contributed by atoms with Crippen LogP contribution in [0.25, 0.3) is 11.2 Å². The van der Waals surface area contributed by atoms with Crippen molar-refractivity contribution in [3.8, 4) is 0 Å².